The number of allylic oxidation sites excluding steroid dienone is 4. The molecule has 19 heteroatoms. The predicted octanol–water partition coefficient (Wildman–Crippen LogP) is 18.5. The third kappa shape index (κ3) is 60.5. The zero-order chi connectivity index (χ0) is 63.5. The number of ether oxygens (including phenoxy) is 4. The molecule has 0 rings (SSSR count). The lowest BCUT2D eigenvalue weighted by Crippen LogP contribution is -2.30. The van der Waals surface area contributed by atoms with Crippen LogP contribution in [-0.2, 0) is 65.4 Å². The normalized spacial score (nSPS) is 14.3. The third-order valence-electron chi connectivity index (χ3n) is 14.9. The second-order valence-electron chi connectivity index (χ2n) is 24.0. The number of esters is 4. The molecule has 0 aliphatic rings. The van der Waals surface area contributed by atoms with Crippen LogP contribution in [0.25, 0.3) is 0 Å². The summed E-state index contributed by atoms with van der Waals surface area (Å²) in [5.41, 5.74) is 0. The molecule has 0 spiro atoms. The number of phosphoric acid groups is 2. The maximum absolute atomic E-state index is 13.0. The molecule has 0 aliphatic carbocycles. The molecule has 3 N–H and O–H groups in total. The Labute approximate surface area is 522 Å². The Morgan fingerprint density at radius 3 is 0.953 bits per heavy atom. The molecular formula is C67H126O17P2. The topological polar surface area (TPSA) is 237 Å². The van der Waals surface area contributed by atoms with Crippen molar-refractivity contribution in [3.8, 4) is 0 Å². The molecule has 5 atom stereocenters. The van der Waals surface area contributed by atoms with Crippen LogP contribution in [0.15, 0.2) is 24.3 Å². The maximum atomic E-state index is 13.0. The number of hydrogen-bond donors (Lipinski definition) is 3. The van der Waals surface area contributed by atoms with E-state index in [1.54, 1.807) is 0 Å². The first-order valence-electron chi connectivity index (χ1n) is 34.5. The Morgan fingerprint density at radius 1 is 0.360 bits per heavy atom. The summed E-state index contributed by atoms with van der Waals surface area (Å²) in [7, 11) is -9.90. The highest BCUT2D eigenvalue weighted by molar-refractivity contribution is 7.47. The summed E-state index contributed by atoms with van der Waals surface area (Å²) >= 11 is 0. The van der Waals surface area contributed by atoms with Gasteiger partial charge in [0.1, 0.15) is 19.3 Å². The second-order valence-corrected chi connectivity index (χ2v) is 26.9. The van der Waals surface area contributed by atoms with E-state index in [0.717, 1.165) is 109 Å². The van der Waals surface area contributed by atoms with Crippen molar-refractivity contribution in [1.29, 1.82) is 0 Å². The molecular weight excluding hydrogens is 1140 g/mol. The van der Waals surface area contributed by atoms with E-state index in [9.17, 15) is 43.2 Å². The SMILES string of the molecule is CCCCCC/C=C\C=C/CCCCCCCC(=O)O[C@H](COC(=O)CCCCCCCCCCCCC(C)C)COP(=O)(O)OC[C@@H](O)COP(=O)(O)OC[C@@H](COC(=O)CCCCCCCCCCC)OC(=O)CCCCCCCCCCC. The Kier molecular flexibility index (Phi) is 58.4. The highest BCUT2D eigenvalue weighted by Gasteiger charge is 2.30. The van der Waals surface area contributed by atoms with Gasteiger partial charge in [-0.05, 0) is 57.3 Å². The van der Waals surface area contributed by atoms with Crippen LogP contribution >= 0.6 is 15.6 Å². The fourth-order valence-corrected chi connectivity index (χ4v) is 11.2. The Bertz CT molecular complexity index is 1760. The fraction of sp³-hybridized carbons (Fsp3) is 0.881. The largest absolute Gasteiger partial charge is 0.472 e. The number of aliphatic hydroxyl groups excluding tert-OH is 1. The van der Waals surface area contributed by atoms with Crippen molar-refractivity contribution in [2.45, 2.75) is 335 Å². The Hall–Kier alpha value is -2.46. The molecule has 0 bridgehead atoms. The summed E-state index contributed by atoms with van der Waals surface area (Å²) in [6, 6.07) is 0. The molecule has 2 unspecified atom stereocenters. The molecule has 17 nitrogen and oxygen atoms in total. The van der Waals surface area contributed by atoms with Crippen molar-refractivity contribution in [3.05, 3.63) is 24.3 Å². The van der Waals surface area contributed by atoms with Crippen LogP contribution in [-0.4, -0.2) is 96.7 Å². The number of rotatable bonds is 65. The van der Waals surface area contributed by atoms with Gasteiger partial charge in [0.2, 0.25) is 0 Å². The van der Waals surface area contributed by atoms with Crippen LogP contribution in [0.4, 0.5) is 0 Å². The van der Waals surface area contributed by atoms with E-state index < -0.39 is 97.5 Å². The van der Waals surface area contributed by atoms with Gasteiger partial charge in [-0.15, -0.1) is 0 Å². The minimum absolute atomic E-state index is 0.0849. The molecule has 0 aromatic heterocycles. The van der Waals surface area contributed by atoms with Crippen molar-refractivity contribution in [2.24, 2.45) is 5.92 Å². The summed E-state index contributed by atoms with van der Waals surface area (Å²) in [5, 5.41) is 10.5. The lowest BCUT2D eigenvalue weighted by molar-refractivity contribution is -0.161. The maximum Gasteiger partial charge on any atom is 0.472 e. The first kappa shape index (κ1) is 83.5. The minimum atomic E-state index is -4.96. The van der Waals surface area contributed by atoms with Gasteiger partial charge in [-0.3, -0.25) is 37.3 Å². The fourth-order valence-electron chi connectivity index (χ4n) is 9.57. The summed E-state index contributed by atoms with van der Waals surface area (Å²) < 4.78 is 68.0. The standard InChI is InChI=1S/C67H126O17P2/c1-6-9-12-15-18-21-22-23-24-25-26-33-38-43-48-53-67(72)84-63(57-78-65(70)51-46-41-36-32-28-27-31-34-39-44-49-60(4)5)59-82-86(75,76)80-55-61(68)54-79-85(73,74)81-58-62(83-66(71)52-47-42-37-30-20-17-14-11-8-3)56-77-64(69)50-45-40-35-29-19-16-13-10-7-2/h21-24,60-63,68H,6-20,25-59H2,1-5H3,(H,73,74)(H,75,76)/b22-21-,24-23-/t61-,62+,63+/m0/s1. The molecule has 506 valence electrons. The van der Waals surface area contributed by atoms with E-state index in [-0.39, 0.29) is 25.7 Å². The zero-order valence-electron chi connectivity index (χ0n) is 54.9. The summed E-state index contributed by atoms with van der Waals surface area (Å²) in [6.45, 7) is 7.11. The minimum Gasteiger partial charge on any atom is -0.462 e. The quantitative estimate of drug-likeness (QED) is 0.0169. The monoisotopic (exact) mass is 1260 g/mol. The number of carbonyl (C=O) groups is 4. The van der Waals surface area contributed by atoms with Crippen LogP contribution in [0.1, 0.15) is 317 Å². The molecule has 86 heavy (non-hydrogen) atoms. The van der Waals surface area contributed by atoms with Crippen LogP contribution in [0.5, 0.6) is 0 Å². The Morgan fingerprint density at radius 2 is 0.628 bits per heavy atom. The van der Waals surface area contributed by atoms with Crippen molar-refractivity contribution in [3.63, 3.8) is 0 Å². The number of phosphoric ester groups is 2. The van der Waals surface area contributed by atoms with E-state index in [0.29, 0.717) is 25.7 Å². The zero-order valence-corrected chi connectivity index (χ0v) is 56.7. The summed E-state index contributed by atoms with van der Waals surface area (Å²) in [6.07, 6.45) is 48.0. The van der Waals surface area contributed by atoms with Gasteiger partial charge in [-0.25, -0.2) is 9.13 Å². The number of carbonyl (C=O) groups excluding carboxylic acids is 4. The summed E-state index contributed by atoms with van der Waals surface area (Å²) in [4.78, 5) is 72.3. The van der Waals surface area contributed by atoms with Gasteiger partial charge in [0, 0.05) is 25.7 Å². The van der Waals surface area contributed by atoms with Gasteiger partial charge in [0.05, 0.1) is 26.4 Å². The van der Waals surface area contributed by atoms with Gasteiger partial charge in [-0.1, -0.05) is 264 Å². The highest BCUT2D eigenvalue weighted by atomic mass is 31.2. The van der Waals surface area contributed by atoms with E-state index in [1.165, 1.54) is 128 Å². The van der Waals surface area contributed by atoms with Crippen LogP contribution in [0.2, 0.25) is 0 Å². The number of hydrogen-bond acceptors (Lipinski definition) is 15. The highest BCUT2D eigenvalue weighted by Crippen LogP contribution is 2.45. The predicted molar refractivity (Wildman–Crippen MR) is 344 cm³/mol. The van der Waals surface area contributed by atoms with E-state index >= 15 is 0 Å². The second kappa shape index (κ2) is 60.1. The molecule has 0 aliphatic heterocycles. The smallest absolute Gasteiger partial charge is 0.462 e. The molecule has 0 fully saturated rings. The first-order chi connectivity index (χ1) is 41.5. The molecule has 0 saturated heterocycles. The lowest BCUT2D eigenvalue weighted by Gasteiger charge is -2.21. The van der Waals surface area contributed by atoms with Crippen LogP contribution in [0.3, 0.4) is 0 Å². The molecule has 0 amide bonds. The van der Waals surface area contributed by atoms with Gasteiger partial charge >= 0.3 is 39.5 Å². The van der Waals surface area contributed by atoms with Gasteiger partial charge in [-0.2, -0.15) is 0 Å². The molecule has 0 radical (unpaired) electrons. The third-order valence-corrected chi connectivity index (χ3v) is 16.8. The van der Waals surface area contributed by atoms with Crippen molar-refractivity contribution >= 4 is 39.5 Å². The van der Waals surface area contributed by atoms with Crippen molar-refractivity contribution in [2.75, 3.05) is 39.6 Å². The molecule has 0 heterocycles. The first-order valence-corrected chi connectivity index (χ1v) is 37.4. The average molecular weight is 1270 g/mol. The number of aliphatic hydroxyl groups is 1. The lowest BCUT2D eigenvalue weighted by atomic mass is 10.0. The van der Waals surface area contributed by atoms with Crippen LogP contribution in [0, 0.1) is 5.92 Å². The van der Waals surface area contributed by atoms with Crippen molar-refractivity contribution in [1.82, 2.24) is 0 Å². The van der Waals surface area contributed by atoms with E-state index in [4.69, 9.17) is 37.0 Å². The van der Waals surface area contributed by atoms with Gasteiger partial charge in [0.15, 0.2) is 12.2 Å². The van der Waals surface area contributed by atoms with Gasteiger partial charge < -0.3 is 33.8 Å². The molecule has 0 aromatic rings. The van der Waals surface area contributed by atoms with Crippen molar-refractivity contribution < 1.29 is 80.2 Å². The summed E-state index contributed by atoms with van der Waals surface area (Å²) in [5.74, 6) is -1.40. The van der Waals surface area contributed by atoms with E-state index in [2.05, 4.69) is 58.9 Å². The molecule has 0 saturated carbocycles. The van der Waals surface area contributed by atoms with Crippen LogP contribution < -0.4 is 0 Å². The van der Waals surface area contributed by atoms with Gasteiger partial charge in [0.25, 0.3) is 0 Å². The average Bonchev–Trinajstić information content (AvgIpc) is 3.49. The number of unbranched alkanes of at least 4 members (excludes halogenated alkanes) is 34. The van der Waals surface area contributed by atoms with E-state index in [1.807, 2.05) is 0 Å². The Balaban J connectivity index is 5.26. The molecule has 0 aromatic carbocycles.